The molecule has 37 heavy (non-hydrogen) atoms. The highest BCUT2D eigenvalue weighted by molar-refractivity contribution is 7.89. The van der Waals surface area contributed by atoms with Gasteiger partial charge < -0.3 is 9.55 Å². The molecule has 4 aromatic rings. The summed E-state index contributed by atoms with van der Waals surface area (Å²) in [6.45, 7) is 0.266. The van der Waals surface area contributed by atoms with Crippen molar-refractivity contribution in [3.8, 4) is 11.1 Å². The number of nitrogens with one attached hydrogen (secondary N) is 3. The maximum absolute atomic E-state index is 13.3. The van der Waals surface area contributed by atoms with Crippen LogP contribution in [0.5, 0.6) is 0 Å². The first-order valence-corrected chi connectivity index (χ1v) is 15.0. The normalized spacial score (nSPS) is 12.1. The third-order valence-electron chi connectivity index (χ3n) is 5.51. The van der Waals surface area contributed by atoms with E-state index in [0.29, 0.717) is 15.9 Å². The van der Waals surface area contributed by atoms with Gasteiger partial charge in [0.05, 0.1) is 12.5 Å². The number of carbonyl (C=O) groups excluding carboxylic acids is 1. The van der Waals surface area contributed by atoms with Crippen molar-refractivity contribution >= 4 is 48.5 Å². The van der Waals surface area contributed by atoms with Gasteiger partial charge in [0, 0.05) is 46.3 Å². The number of carbonyl (C=O) groups is 1. The van der Waals surface area contributed by atoms with Gasteiger partial charge in [-0.3, -0.25) is 9.59 Å². The summed E-state index contributed by atoms with van der Waals surface area (Å²) >= 11 is 6.26. The number of hydrogen-bond acceptors (Lipinski definition) is 6. The van der Waals surface area contributed by atoms with E-state index in [0.717, 1.165) is 23.6 Å². The number of pyridine rings is 1. The Bertz CT molecular complexity index is 1780. The second-order valence-corrected chi connectivity index (χ2v) is 12.5. The maximum atomic E-state index is 13.3. The Morgan fingerprint density at radius 2 is 1.65 bits per heavy atom. The first-order chi connectivity index (χ1) is 17.3. The molecule has 0 saturated carbocycles. The van der Waals surface area contributed by atoms with E-state index in [2.05, 4.69) is 9.71 Å². The molecule has 13 heteroatoms. The summed E-state index contributed by atoms with van der Waals surface area (Å²) in [4.78, 5) is 28.7. The minimum atomic E-state index is -3.92. The summed E-state index contributed by atoms with van der Waals surface area (Å²) in [6.07, 6.45) is 3.39. The summed E-state index contributed by atoms with van der Waals surface area (Å²) in [5.41, 5.74) is 1.97. The van der Waals surface area contributed by atoms with Gasteiger partial charge in [0.2, 0.25) is 20.0 Å². The summed E-state index contributed by atoms with van der Waals surface area (Å²) in [5, 5.41) is 0.868. The van der Waals surface area contributed by atoms with E-state index in [1.165, 1.54) is 6.20 Å². The zero-order chi connectivity index (χ0) is 27.0. The van der Waals surface area contributed by atoms with Gasteiger partial charge in [-0.15, -0.1) is 0 Å². The summed E-state index contributed by atoms with van der Waals surface area (Å²) in [6, 6.07) is 15.1. The van der Waals surface area contributed by atoms with Gasteiger partial charge in [-0.2, -0.15) is 0 Å². The van der Waals surface area contributed by atoms with Gasteiger partial charge in [0.25, 0.3) is 11.5 Å². The average Bonchev–Trinajstić information content (AvgIpc) is 3.10. The number of H-pyrrole nitrogens is 1. The Balaban J connectivity index is 1.90. The van der Waals surface area contributed by atoms with Crippen molar-refractivity contribution in [2.45, 2.75) is 13.1 Å². The lowest BCUT2D eigenvalue weighted by atomic mass is 10.0. The smallest absolute Gasteiger partial charge is 0.282 e. The van der Waals surface area contributed by atoms with Crippen LogP contribution in [0.1, 0.15) is 21.6 Å². The van der Waals surface area contributed by atoms with E-state index in [9.17, 15) is 26.4 Å². The van der Waals surface area contributed by atoms with E-state index < -0.39 is 31.5 Å². The predicted molar refractivity (Wildman–Crippen MR) is 143 cm³/mol. The highest BCUT2D eigenvalue weighted by Gasteiger charge is 2.27. The molecule has 0 bridgehead atoms. The molecular formula is C24H23ClN4O6S2. The second-order valence-electron chi connectivity index (χ2n) is 8.50. The number of sulfonamides is 2. The quantitative estimate of drug-likeness (QED) is 0.300. The molecule has 194 valence electrons. The second kappa shape index (κ2) is 10.1. The molecule has 2 aromatic carbocycles. The van der Waals surface area contributed by atoms with Crippen LogP contribution >= 0.6 is 11.6 Å². The maximum Gasteiger partial charge on any atom is 0.282 e. The van der Waals surface area contributed by atoms with E-state index in [-0.39, 0.29) is 29.9 Å². The van der Waals surface area contributed by atoms with Crippen molar-refractivity contribution in [1.29, 1.82) is 0 Å². The lowest BCUT2D eigenvalue weighted by Crippen LogP contribution is -2.31. The Kier molecular flexibility index (Phi) is 7.29. The molecule has 0 aliphatic carbocycles. The number of halogens is 1. The average molecular weight is 563 g/mol. The van der Waals surface area contributed by atoms with Crippen molar-refractivity contribution < 1.29 is 21.6 Å². The van der Waals surface area contributed by atoms with Gasteiger partial charge in [0.15, 0.2) is 0 Å². The molecule has 1 amide bonds. The number of hydrogen-bond donors (Lipinski definition) is 3. The lowest BCUT2D eigenvalue weighted by Gasteiger charge is -2.13. The molecule has 0 radical (unpaired) electrons. The fourth-order valence-corrected chi connectivity index (χ4v) is 5.03. The number of fused-ring (bicyclic) bond motifs is 1. The Labute approximate surface area is 218 Å². The molecule has 10 nitrogen and oxygen atoms in total. The van der Waals surface area contributed by atoms with Gasteiger partial charge >= 0.3 is 0 Å². The van der Waals surface area contributed by atoms with Crippen LogP contribution in [0, 0.1) is 0 Å². The zero-order valence-corrected chi connectivity index (χ0v) is 22.2. The minimum absolute atomic E-state index is 0.0257. The molecule has 4 rings (SSSR count). The fraction of sp³-hybridized carbons (Fsp3) is 0.167. The number of aromatic amines is 1. The standard InChI is InChI=1S/C24H23ClN4O6S2/c1-36(32,33)27-13-15-5-7-16(8-6-15)14-29-20-10-9-17(25)12-19(20)21(18-4-3-11-26-23(18)30)22(29)24(31)28-37(2,34)35/h3-12,27H,13-14H2,1-2H3,(H,26,30)(H,28,31). The first-order valence-electron chi connectivity index (χ1n) is 10.9. The number of nitrogens with zero attached hydrogens (tertiary/aromatic N) is 1. The van der Waals surface area contributed by atoms with Crippen LogP contribution in [0.15, 0.2) is 65.6 Å². The highest BCUT2D eigenvalue weighted by Crippen LogP contribution is 2.36. The Morgan fingerprint density at radius 3 is 2.27 bits per heavy atom. The van der Waals surface area contributed by atoms with Gasteiger partial charge in [-0.25, -0.2) is 26.3 Å². The Morgan fingerprint density at radius 1 is 0.973 bits per heavy atom. The molecule has 0 spiro atoms. The first kappa shape index (κ1) is 26.6. The summed E-state index contributed by atoms with van der Waals surface area (Å²) < 4.78 is 52.7. The molecule has 3 N–H and O–H groups in total. The SMILES string of the molecule is CS(=O)(=O)NCc1ccc(Cn2c(C(=O)NS(C)(=O)=O)c(-c3ccc[nH]c3=O)c3cc(Cl)ccc32)cc1. The monoisotopic (exact) mass is 562 g/mol. The van der Waals surface area contributed by atoms with Crippen LogP contribution in [0.25, 0.3) is 22.0 Å². The molecule has 2 aromatic heterocycles. The molecule has 0 aliphatic rings. The number of aromatic nitrogens is 2. The molecule has 0 unspecified atom stereocenters. The van der Waals surface area contributed by atoms with Gasteiger partial charge in [0.1, 0.15) is 5.69 Å². The predicted octanol–water partition coefficient (Wildman–Crippen LogP) is 2.44. The van der Waals surface area contributed by atoms with Crippen LogP contribution in [-0.4, -0.2) is 44.8 Å². The van der Waals surface area contributed by atoms with E-state index in [1.54, 1.807) is 59.2 Å². The molecule has 0 aliphatic heterocycles. The minimum Gasteiger partial charge on any atom is -0.331 e. The lowest BCUT2D eigenvalue weighted by molar-refractivity contribution is 0.0974. The number of benzene rings is 2. The van der Waals surface area contributed by atoms with E-state index >= 15 is 0 Å². The van der Waals surface area contributed by atoms with Crippen LogP contribution in [0.2, 0.25) is 5.02 Å². The van der Waals surface area contributed by atoms with Crippen molar-refractivity contribution in [2.24, 2.45) is 0 Å². The fourth-order valence-electron chi connectivity index (χ4n) is 3.99. The van der Waals surface area contributed by atoms with Gasteiger partial charge in [-0.05, 0) is 41.5 Å². The molecule has 0 atom stereocenters. The van der Waals surface area contributed by atoms with Crippen LogP contribution in [-0.2, 0) is 33.1 Å². The zero-order valence-electron chi connectivity index (χ0n) is 19.8. The number of rotatable bonds is 8. The molecular weight excluding hydrogens is 540 g/mol. The van der Waals surface area contributed by atoms with Crippen molar-refractivity contribution in [3.05, 3.63) is 93.0 Å². The molecule has 2 heterocycles. The summed E-state index contributed by atoms with van der Waals surface area (Å²) in [7, 11) is -7.27. The third kappa shape index (κ3) is 6.28. The number of amides is 1. The van der Waals surface area contributed by atoms with Crippen molar-refractivity contribution in [3.63, 3.8) is 0 Å². The van der Waals surface area contributed by atoms with Crippen LogP contribution in [0.4, 0.5) is 0 Å². The van der Waals surface area contributed by atoms with Gasteiger partial charge in [-0.1, -0.05) is 35.9 Å². The van der Waals surface area contributed by atoms with Crippen LogP contribution < -0.4 is 15.0 Å². The molecule has 0 saturated heterocycles. The van der Waals surface area contributed by atoms with E-state index in [4.69, 9.17) is 11.6 Å². The third-order valence-corrected chi connectivity index (χ3v) is 6.97. The van der Waals surface area contributed by atoms with E-state index in [1.807, 2.05) is 4.72 Å². The van der Waals surface area contributed by atoms with Crippen molar-refractivity contribution in [2.75, 3.05) is 12.5 Å². The largest absolute Gasteiger partial charge is 0.331 e. The molecule has 0 fully saturated rings. The highest BCUT2D eigenvalue weighted by atomic mass is 35.5. The Hall–Kier alpha value is -3.45. The summed E-state index contributed by atoms with van der Waals surface area (Å²) in [5.74, 6) is -0.901. The van der Waals surface area contributed by atoms with Crippen LogP contribution in [0.3, 0.4) is 0 Å². The topological polar surface area (TPSA) is 147 Å². The van der Waals surface area contributed by atoms with Crippen molar-refractivity contribution in [1.82, 2.24) is 19.0 Å².